The van der Waals surface area contributed by atoms with Crippen molar-refractivity contribution < 1.29 is 24.0 Å². The minimum absolute atomic E-state index is 0.513. The standard InChI is InChI=1S/C33H60O5/c1-8-15-18-27(12-5)24-34-31-22-30(38-37-21-11-4)23-32(35-25-28(13-6)19-16-9-2)33(31)36-26-29(14-7)20-17-10-3/h22-23,27-29H,8-21,24-26H2,1-7H3. The van der Waals surface area contributed by atoms with E-state index in [1.807, 2.05) is 12.1 Å². The highest BCUT2D eigenvalue weighted by atomic mass is 17.2. The number of ether oxygens (including phenoxy) is 3. The lowest BCUT2D eigenvalue weighted by atomic mass is 10.0. The first kappa shape index (κ1) is 34.4. The zero-order valence-electron chi connectivity index (χ0n) is 25.9. The average Bonchev–Trinajstić information content (AvgIpc) is 2.94. The van der Waals surface area contributed by atoms with Crippen LogP contribution < -0.4 is 19.1 Å². The van der Waals surface area contributed by atoms with Gasteiger partial charge < -0.3 is 19.1 Å². The van der Waals surface area contributed by atoms with Crippen LogP contribution in [0.2, 0.25) is 0 Å². The van der Waals surface area contributed by atoms with Crippen LogP contribution in [0.25, 0.3) is 0 Å². The van der Waals surface area contributed by atoms with Crippen molar-refractivity contribution in [3.05, 3.63) is 12.1 Å². The van der Waals surface area contributed by atoms with E-state index in [0.29, 0.717) is 67.2 Å². The molecule has 1 aromatic rings. The molecule has 5 heteroatoms. The van der Waals surface area contributed by atoms with E-state index in [1.54, 1.807) is 0 Å². The van der Waals surface area contributed by atoms with Gasteiger partial charge in [-0.3, -0.25) is 0 Å². The summed E-state index contributed by atoms with van der Waals surface area (Å²) in [5, 5.41) is 0. The molecule has 0 heterocycles. The van der Waals surface area contributed by atoms with Crippen molar-refractivity contribution in [1.29, 1.82) is 0 Å². The van der Waals surface area contributed by atoms with Gasteiger partial charge in [0.15, 0.2) is 17.2 Å². The van der Waals surface area contributed by atoms with E-state index < -0.39 is 0 Å². The quantitative estimate of drug-likeness (QED) is 0.0706. The van der Waals surface area contributed by atoms with Crippen LogP contribution in [0.3, 0.4) is 0 Å². The molecule has 1 aromatic carbocycles. The molecule has 0 aliphatic heterocycles. The van der Waals surface area contributed by atoms with Gasteiger partial charge in [-0.1, -0.05) is 106 Å². The Hall–Kier alpha value is -1.62. The molecule has 0 spiro atoms. The first-order valence-electron chi connectivity index (χ1n) is 15.9. The van der Waals surface area contributed by atoms with Crippen molar-refractivity contribution in [3.8, 4) is 23.0 Å². The lowest BCUT2D eigenvalue weighted by molar-refractivity contribution is -0.206. The fourth-order valence-electron chi connectivity index (χ4n) is 4.46. The molecule has 0 aliphatic carbocycles. The van der Waals surface area contributed by atoms with Gasteiger partial charge in [0.05, 0.1) is 26.4 Å². The van der Waals surface area contributed by atoms with E-state index in [1.165, 1.54) is 57.8 Å². The number of hydrogen-bond acceptors (Lipinski definition) is 5. The third kappa shape index (κ3) is 14.0. The highest BCUT2D eigenvalue weighted by molar-refractivity contribution is 5.56. The first-order valence-corrected chi connectivity index (χ1v) is 15.9. The Bertz CT molecular complexity index is 651. The Morgan fingerprint density at radius 3 is 1.34 bits per heavy atom. The Balaban J connectivity index is 3.28. The van der Waals surface area contributed by atoms with E-state index in [-0.39, 0.29) is 0 Å². The zero-order valence-corrected chi connectivity index (χ0v) is 25.9. The summed E-state index contributed by atoms with van der Waals surface area (Å²) in [6.07, 6.45) is 15.0. The first-order chi connectivity index (χ1) is 18.6. The van der Waals surface area contributed by atoms with Gasteiger partial charge in [0.2, 0.25) is 5.75 Å². The van der Waals surface area contributed by atoms with Crippen LogP contribution in [0.15, 0.2) is 12.1 Å². The second-order valence-corrected chi connectivity index (χ2v) is 10.8. The summed E-state index contributed by atoms with van der Waals surface area (Å²) in [7, 11) is 0. The molecule has 3 atom stereocenters. The monoisotopic (exact) mass is 536 g/mol. The van der Waals surface area contributed by atoms with Crippen LogP contribution in [-0.4, -0.2) is 26.4 Å². The largest absolute Gasteiger partial charge is 0.489 e. The average molecular weight is 537 g/mol. The molecule has 5 nitrogen and oxygen atoms in total. The minimum Gasteiger partial charge on any atom is -0.489 e. The van der Waals surface area contributed by atoms with Gasteiger partial charge in [-0.2, -0.15) is 4.89 Å². The van der Waals surface area contributed by atoms with E-state index in [0.717, 1.165) is 25.7 Å². The van der Waals surface area contributed by atoms with E-state index >= 15 is 0 Å². The fourth-order valence-corrected chi connectivity index (χ4v) is 4.46. The van der Waals surface area contributed by atoms with Crippen molar-refractivity contribution in [2.45, 2.75) is 132 Å². The molecule has 0 fully saturated rings. The minimum atomic E-state index is 0.513. The third-order valence-electron chi connectivity index (χ3n) is 7.48. The molecule has 0 radical (unpaired) electrons. The van der Waals surface area contributed by atoms with Gasteiger partial charge in [0.1, 0.15) is 0 Å². The number of rotatable bonds is 25. The number of unbranched alkanes of at least 4 members (excludes halogenated alkanes) is 3. The summed E-state index contributed by atoms with van der Waals surface area (Å²) < 4.78 is 19.5. The normalized spacial score (nSPS) is 13.7. The molecule has 0 amide bonds. The van der Waals surface area contributed by atoms with Crippen LogP contribution in [0, 0.1) is 17.8 Å². The smallest absolute Gasteiger partial charge is 0.203 e. The Kier molecular flexibility index (Phi) is 20.1. The predicted molar refractivity (Wildman–Crippen MR) is 160 cm³/mol. The van der Waals surface area contributed by atoms with Crippen molar-refractivity contribution in [2.75, 3.05) is 26.4 Å². The molecule has 0 bridgehead atoms. The number of hydrogen-bond donors (Lipinski definition) is 0. The van der Waals surface area contributed by atoms with Crippen LogP contribution in [0.1, 0.15) is 132 Å². The van der Waals surface area contributed by atoms with Crippen LogP contribution in [0.5, 0.6) is 23.0 Å². The molecule has 38 heavy (non-hydrogen) atoms. The maximum atomic E-state index is 6.55. The van der Waals surface area contributed by atoms with Gasteiger partial charge >= 0.3 is 0 Å². The third-order valence-corrected chi connectivity index (χ3v) is 7.48. The molecule has 1 rings (SSSR count). The summed E-state index contributed by atoms with van der Waals surface area (Å²) in [5.74, 6) is 4.23. The van der Waals surface area contributed by atoms with Crippen LogP contribution in [-0.2, 0) is 4.89 Å². The van der Waals surface area contributed by atoms with E-state index in [2.05, 4.69) is 48.5 Å². The maximum Gasteiger partial charge on any atom is 0.203 e. The lowest BCUT2D eigenvalue weighted by Crippen LogP contribution is -2.16. The highest BCUT2D eigenvalue weighted by Gasteiger charge is 2.21. The van der Waals surface area contributed by atoms with Gasteiger partial charge in [0.25, 0.3) is 0 Å². The lowest BCUT2D eigenvalue weighted by Gasteiger charge is -2.23. The summed E-state index contributed by atoms with van der Waals surface area (Å²) in [6.45, 7) is 18.0. The van der Waals surface area contributed by atoms with Gasteiger partial charge in [-0.25, -0.2) is 0 Å². The van der Waals surface area contributed by atoms with Gasteiger partial charge in [0, 0.05) is 12.1 Å². The SMILES string of the molecule is CCCCC(CC)COc1cc(OOCCC)cc(OCC(CC)CCCC)c1OCC(CC)CCCC. The molecule has 222 valence electrons. The molecule has 3 unspecified atom stereocenters. The molecule has 0 saturated carbocycles. The maximum absolute atomic E-state index is 6.55. The van der Waals surface area contributed by atoms with Crippen molar-refractivity contribution in [2.24, 2.45) is 17.8 Å². The molecular weight excluding hydrogens is 476 g/mol. The number of benzene rings is 1. The fraction of sp³-hybridized carbons (Fsp3) is 0.818. The predicted octanol–water partition coefficient (Wildman–Crippen LogP) is 10.2. The second-order valence-electron chi connectivity index (χ2n) is 10.8. The Morgan fingerprint density at radius 2 is 0.974 bits per heavy atom. The van der Waals surface area contributed by atoms with Gasteiger partial charge in [-0.05, 0) is 43.4 Å². The summed E-state index contributed by atoms with van der Waals surface area (Å²) >= 11 is 0. The van der Waals surface area contributed by atoms with E-state index in [9.17, 15) is 0 Å². The van der Waals surface area contributed by atoms with Crippen LogP contribution >= 0.6 is 0 Å². The molecule has 0 saturated heterocycles. The van der Waals surface area contributed by atoms with Crippen molar-refractivity contribution in [1.82, 2.24) is 0 Å². The van der Waals surface area contributed by atoms with Crippen LogP contribution in [0.4, 0.5) is 0 Å². The van der Waals surface area contributed by atoms with Crippen molar-refractivity contribution >= 4 is 0 Å². The Morgan fingerprint density at radius 1 is 0.553 bits per heavy atom. The summed E-state index contributed by atoms with van der Waals surface area (Å²) in [6, 6.07) is 3.82. The van der Waals surface area contributed by atoms with Crippen molar-refractivity contribution in [3.63, 3.8) is 0 Å². The van der Waals surface area contributed by atoms with Gasteiger partial charge in [-0.15, -0.1) is 0 Å². The molecule has 0 aliphatic rings. The Labute approximate surface area is 235 Å². The summed E-state index contributed by atoms with van der Waals surface area (Å²) in [5.41, 5.74) is 0. The molecule has 0 aromatic heterocycles. The van der Waals surface area contributed by atoms with E-state index in [4.69, 9.17) is 24.0 Å². The topological polar surface area (TPSA) is 46.2 Å². The molecular formula is C33H60O5. The summed E-state index contributed by atoms with van der Waals surface area (Å²) in [4.78, 5) is 11.1. The highest BCUT2D eigenvalue weighted by Crippen LogP contribution is 2.43. The molecule has 0 N–H and O–H groups in total. The second kappa shape index (κ2) is 22.2. The zero-order chi connectivity index (χ0) is 28.0.